The van der Waals surface area contributed by atoms with Crippen LogP contribution in [0.25, 0.3) is 6.08 Å². The van der Waals surface area contributed by atoms with Gasteiger partial charge in [0.1, 0.15) is 0 Å². The summed E-state index contributed by atoms with van der Waals surface area (Å²) in [6.07, 6.45) is 5.71. The van der Waals surface area contributed by atoms with Crippen molar-refractivity contribution in [1.82, 2.24) is 0 Å². The van der Waals surface area contributed by atoms with E-state index in [1.807, 2.05) is 48.5 Å². The fourth-order valence-corrected chi connectivity index (χ4v) is 3.31. The van der Waals surface area contributed by atoms with E-state index < -0.39 is 0 Å². The molecule has 0 saturated carbocycles. The number of hydrogen-bond acceptors (Lipinski definition) is 2. The summed E-state index contributed by atoms with van der Waals surface area (Å²) < 4.78 is 0. The molecular formula is C21H23ClN2O. The number of piperidine rings is 1. The number of nitrogens with zero attached hydrogens (tertiary/aromatic N) is 1. The SMILES string of the molecule is CC1CCN(c2ccc(NC(=O)/C=C/c3ccccc3)cc2Cl)CC1. The zero-order valence-electron chi connectivity index (χ0n) is 14.4. The Morgan fingerprint density at radius 1 is 1.16 bits per heavy atom. The van der Waals surface area contributed by atoms with Crippen LogP contribution in [0.4, 0.5) is 11.4 Å². The highest BCUT2D eigenvalue weighted by atomic mass is 35.5. The molecule has 2 aromatic rings. The van der Waals surface area contributed by atoms with Crippen LogP contribution in [0.5, 0.6) is 0 Å². The summed E-state index contributed by atoms with van der Waals surface area (Å²) >= 11 is 6.44. The molecule has 3 nitrogen and oxygen atoms in total. The van der Waals surface area contributed by atoms with Crippen LogP contribution >= 0.6 is 11.6 Å². The van der Waals surface area contributed by atoms with Crippen LogP contribution in [0.15, 0.2) is 54.6 Å². The second kappa shape index (κ2) is 8.21. The lowest BCUT2D eigenvalue weighted by Gasteiger charge is -2.32. The minimum absolute atomic E-state index is 0.167. The highest BCUT2D eigenvalue weighted by Crippen LogP contribution is 2.31. The lowest BCUT2D eigenvalue weighted by molar-refractivity contribution is -0.111. The van der Waals surface area contributed by atoms with Gasteiger partial charge in [0.15, 0.2) is 0 Å². The highest BCUT2D eigenvalue weighted by molar-refractivity contribution is 6.33. The van der Waals surface area contributed by atoms with E-state index in [9.17, 15) is 4.79 Å². The van der Waals surface area contributed by atoms with Gasteiger partial charge in [0.05, 0.1) is 10.7 Å². The molecule has 2 aromatic carbocycles. The Balaban J connectivity index is 1.62. The maximum Gasteiger partial charge on any atom is 0.248 e. The first kappa shape index (κ1) is 17.6. The first-order valence-corrected chi connectivity index (χ1v) is 9.08. The third kappa shape index (κ3) is 4.86. The summed E-state index contributed by atoms with van der Waals surface area (Å²) in [5.74, 6) is 0.615. The number of amides is 1. The summed E-state index contributed by atoms with van der Waals surface area (Å²) in [5.41, 5.74) is 2.75. The lowest BCUT2D eigenvalue weighted by Crippen LogP contribution is -2.32. The number of carbonyl (C=O) groups excluding carboxylic acids is 1. The number of hydrogen-bond donors (Lipinski definition) is 1. The molecule has 0 aliphatic carbocycles. The molecule has 1 saturated heterocycles. The van der Waals surface area contributed by atoms with Gasteiger partial charge in [-0.3, -0.25) is 4.79 Å². The average molecular weight is 355 g/mol. The molecule has 0 bridgehead atoms. The molecular weight excluding hydrogens is 332 g/mol. The zero-order valence-corrected chi connectivity index (χ0v) is 15.2. The van der Waals surface area contributed by atoms with E-state index in [1.165, 1.54) is 18.9 Å². The number of anilines is 2. The number of carbonyl (C=O) groups is 1. The van der Waals surface area contributed by atoms with E-state index in [1.54, 1.807) is 6.08 Å². The lowest BCUT2D eigenvalue weighted by atomic mass is 9.99. The van der Waals surface area contributed by atoms with E-state index >= 15 is 0 Å². The van der Waals surface area contributed by atoms with Crippen molar-refractivity contribution in [3.8, 4) is 0 Å². The van der Waals surface area contributed by atoms with Crippen molar-refractivity contribution in [3.63, 3.8) is 0 Å². The molecule has 130 valence electrons. The summed E-state index contributed by atoms with van der Waals surface area (Å²) in [5, 5.41) is 3.54. The third-order valence-corrected chi connectivity index (χ3v) is 4.87. The van der Waals surface area contributed by atoms with Crippen molar-refractivity contribution >= 4 is 35.0 Å². The normalized spacial score (nSPS) is 15.5. The Kier molecular flexibility index (Phi) is 5.77. The number of rotatable bonds is 4. The monoisotopic (exact) mass is 354 g/mol. The third-order valence-electron chi connectivity index (χ3n) is 4.57. The Morgan fingerprint density at radius 3 is 2.56 bits per heavy atom. The van der Waals surface area contributed by atoms with Crippen molar-refractivity contribution in [2.75, 3.05) is 23.3 Å². The van der Waals surface area contributed by atoms with Crippen molar-refractivity contribution in [1.29, 1.82) is 0 Å². The van der Waals surface area contributed by atoms with Gasteiger partial charge in [-0.05, 0) is 48.6 Å². The average Bonchev–Trinajstić information content (AvgIpc) is 2.62. The standard InChI is InChI=1S/C21H23ClN2O/c1-16-11-13-24(14-12-16)20-9-8-18(15-19(20)22)23-21(25)10-7-17-5-3-2-4-6-17/h2-10,15-16H,11-14H2,1H3,(H,23,25)/b10-7+. The topological polar surface area (TPSA) is 32.3 Å². The largest absolute Gasteiger partial charge is 0.370 e. The van der Waals surface area contributed by atoms with Crippen LogP contribution in [-0.4, -0.2) is 19.0 Å². The van der Waals surface area contributed by atoms with Gasteiger partial charge in [0.25, 0.3) is 0 Å². The highest BCUT2D eigenvalue weighted by Gasteiger charge is 2.18. The van der Waals surface area contributed by atoms with Crippen LogP contribution < -0.4 is 10.2 Å². The van der Waals surface area contributed by atoms with Crippen LogP contribution in [0.3, 0.4) is 0 Å². The van der Waals surface area contributed by atoms with Gasteiger partial charge in [0, 0.05) is 24.9 Å². The van der Waals surface area contributed by atoms with Gasteiger partial charge in [-0.2, -0.15) is 0 Å². The van der Waals surface area contributed by atoms with Gasteiger partial charge in [-0.1, -0.05) is 48.9 Å². The molecule has 1 aliphatic heterocycles. The van der Waals surface area contributed by atoms with Crippen LogP contribution in [0.1, 0.15) is 25.3 Å². The molecule has 3 rings (SSSR count). The molecule has 4 heteroatoms. The predicted molar refractivity (Wildman–Crippen MR) is 106 cm³/mol. The van der Waals surface area contributed by atoms with Crippen LogP contribution in [-0.2, 0) is 4.79 Å². The van der Waals surface area contributed by atoms with Crippen molar-refractivity contribution in [3.05, 3.63) is 65.2 Å². The van der Waals surface area contributed by atoms with Crippen LogP contribution in [0.2, 0.25) is 5.02 Å². The summed E-state index contributed by atoms with van der Waals surface area (Å²) in [7, 11) is 0. The van der Waals surface area contributed by atoms with Gasteiger partial charge in [-0.15, -0.1) is 0 Å². The summed E-state index contributed by atoms with van der Waals surface area (Å²) in [6.45, 7) is 4.36. The Hall–Kier alpha value is -2.26. The Bertz CT molecular complexity index is 750. The molecule has 1 amide bonds. The quantitative estimate of drug-likeness (QED) is 0.762. The predicted octanol–water partition coefficient (Wildman–Crippen LogP) is 5.23. The zero-order chi connectivity index (χ0) is 17.6. The first-order valence-electron chi connectivity index (χ1n) is 8.70. The maximum absolute atomic E-state index is 12.1. The molecule has 1 aliphatic rings. The minimum atomic E-state index is -0.167. The second-order valence-electron chi connectivity index (χ2n) is 6.57. The smallest absolute Gasteiger partial charge is 0.248 e. The van der Waals surface area contributed by atoms with E-state index in [4.69, 9.17) is 11.6 Å². The fraction of sp³-hybridized carbons (Fsp3) is 0.286. The first-order chi connectivity index (χ1) is 12.1. The molecule has 0 radical (unpaired) electrons. The van der Waals surface area contributed by atoms with Gasteiger partial charge in [-0.25, -0.2) is 0 Å². The fourth-order valence-electron chi connectivity index (χ4n) is 3.01. The van der Waals surface area contributed by atoms with Crippen molar-refractivity contribution < 1.29 is 4.79 Å². The molecule has 1 N–H and O–H groups in total. The number of halogens is 1. The molecule has 1 fully saturated rings. The Labute approximate surface area is 154 Å². The van der Waals surface area contributed by atoms with E-state index in [0.29, 0.717) is 10.7 Å². The van der Waals surface area contributed by atoms with Gasteiger partial charge >= 0.3 is 0 Å². The maximum atomic E-state index is 12.1. The molecule has 25 heavy (non-hydrogen) atoms. The van der Waals surface area contributed by atoms with E-state index in [-0.39, 0.29) is 5.91 Å². The summed E-state index contributed by atoms with van der Waals surface area (Å²) in [4.78, 5) is 14.4. The van der Waals surface area contributed by atoms with E-state index in [0.717, 1.165) is 30.3 Å². The minimum Gasteiger partial charge on any atom is -0.370 e. The summed E-state index contributed by atoms with van der Waals surface area (Å²) in [6, 6.07) is 15.5. The second-order valence-corrected chi connectivity index (χ2v) is 6.98. The van der Waals surface area contributed by atoms with E-state index in [2.05, 4.69) is 17.1 Å². The van der Waals surface area contributed by atoms with Gasteiger partial charge < -0.3 is 10.2 Å². The van der Waals surface area contributed by atoms with Crippen molar-refractivity contribution in [2.24, 2.45) is 5.92 Å². The van der Waals surface area contributed by atoms with Crippen molar-refractivity contribution in [2.45, 2.75) is 19.8 Å². The van der Waals surface area contributed by atoms with Gasteiger partial charge in [0.2, 0.25) is 5.91 Å². The molecule has 0 spiro atoms. The molecule has 1 heterocycles. The molecule has 0 unspecified atom stereocenters. The Morgan fingerprint density at radius 2 is 1.88 bits per heavy atom. The van der Waals surface area contributed by atoms with Crippen LogP contribution in [0, 0.1) is 5.92 Å². The number of nitrogens with one attached hydrogen (secondary N) is 1. The number of benzene rings is 2. The molecule has 0 aromatic heterocycles. The molecule has 0 atom stereocenters.